The summed E-state index contributed by atoms with van der Waals surface area (Å²) in [5, 5.41) is 9.07. The average molecular weight is 364 g/mol. The van der Waals surface area contributed by atoms with E-state index in [1.807, 2.05) is 34.7 Å². The molecule has 2 N–H and O–H groups in total. The lowest BCUT2D eigenvalue weighted by Gasteiger charge is -2.13. The second-order valence-electron chi connectivity index (χ2n) is 4.17. The molecular weight excluding hydrogens is 351 g/mol. The van der Waals surface area contributed by atoms with Gasteiger partial charge in [0.1, 0.15) is 0 Å². The predicted molar refractivity (Wildman–Crippen MR) is 77.7 cm³/mol. The van der Waals surface area contributed by atoms with E-state index in [0.717, 1.165) is 0 Å². The molecular formula is C12H13IN2O3. The fraction of sp³-hybridized carbons (Fsp3) is 0.333. The Labute approximate surface area is 117 Å². The molecule has 96 valence electrons. The van der Waals surface area contributed by atoms with E-state index in [0.29, 0.717) is 12.0 Å². The Bertz CT molecular complexity index is 600. The predicted octanol–water partition coefficient (Wildman–Crippen LogP) is 1.05. The zero-order valence-electron chi connectivity index (χ0n) is 9.54. The Morgan fingerprint density at radius 2 is 2.28 bits per heavy atom. The van der Waals surface area contributed by atoms with E-state index < -0.39 is 5.69 Å². The molecule has 1 aliphatic carbocycles. The Kier molecular flexibility index (Phi) is 4.18. The maximum Gasteiger partial charge on any atom is 0.328 e. The normalized spacial score (nSPS) is 23.0. The van der Waals surface area contributed by atoms with Crippen LogP contribution in [0.4, 0.5) is 0 Å². The molecule has 0 fully saturated rings. The van der Waals surface area contributed by atoms with Gasteiger partial charge >= 0.3 is 5.69 Å². The zero-order chi connectivity index (χ0) is 13.1. The molecule has 2 atom stereocenters. The summed E-state index contributed by atoms with van der Waals surface area (Å²) in [5.41, 5.74) is -0.353. The monoisotopic (exact) mass is 364 g/mol. The molecule has 0 saturated carbocycles. The minimum absolute atomic E-state index is 0.0750. The molecule has 0 aliphatic heterocycles. The maximum absolute atomic E-state index is 11.8. The van der Waals surface area contributed by atoms with Crippen molar-refractivity contribution in [1.82, 2.24) is 9.55 Å². The summed E-state index contributed by atoms with van der Waals surface area (Å²) >= 11 is 2.02. The highest BCUT2D eigenvalue weighted by Gasteiger charge is 2.20. The average Bonchev–Trinajstić information content (AvgIpc) is 2.81. The lowest BCUT2D eigenvalue weighted by molar-refractivity contribution is 0.243. The SMILES string of the molecule is O=c1[nH]c(=O)n([C@H]2C=C[C@@H](CO)C2)cc1/C=C/[131I]. The zero-order valence-corrected chi connectivity index (χ0v) is 11.7. The molecule has 1 aromatic rings. The van der Waals surface area contributed by atoms with Gasteiger partial charge in [-0.3, -0.25) is 14.3 Å². The van der Waals surface area contributed by atoms with Gasteiger partial charge in [-0.25, -0.2) is 4.79 Å². The molecule has 0 radical (unpaired) electrons. The first-order valence-electron chi connectivity index (χ1n) is 5.57. The van der Waals surface area contributed by atoms with Crippen LogP contribution in [0, 0.1) is 5.92 Å². The van der Waals surface area contributed by atoms with Crippen LogP contribution in [-0.2, 0) is 0 Å². The number of aromatic amines is 1. The van der Waals surface area contributed by atoms with Crippen molar-refractivity contribution in [3.63, 3.8) is 0 Å². The fourth-order valence-corrected chi connectivity index (χ4v) is 2.42. The van der Waals surface area contributed by atoms with Crippen LogP contribution in [0.5, 0.6) is 0 Å². The smallest absolute Gasteiger partial charge is 0.328 e. The number of aliphatic hydroxyl groups is 1. The van der Waals surface area contributed by atoms with Gasteiger partial charge in [0.25, 0.3) is 5.56 Å². The van der Waals surface area contributed by atoms with E-state index >= 15 is 0 Å². The van der Waals surface area contributed by atoms with E-state index in [1.165, 1.54) is 4.57 Å². The van der Waals surface area contributed by atoms with Crippen LogP contribution in [0.2, 0.25) is 0 Å². The minimum Gasteiger partial charge on any atom is -0.396 e. The van der Waals surface area contributed by atoms with Crippen LogP contribution in [0.15, 0.2) is 32.0 Å². The molecule has 0 amide bonds. The summed E-state index contributed by atoms with van der Waals surface area (Å²) in [6, 6.07) is -0.104. The summed E-state index contributed by atoms with van der Waals surface area (Å²) in [7, 11) is 0. The van der Waals surface area contributed by atoms with Gasteiger partial charge in [0.15, 0.2) is 0 Å². The van der Waals surface area contributed by atoms with Crippen LogP contribution in [-0.4, -0.2) is 21.3 Å². The van der Waals surface area contributed by atoms with Crippen molar-refractivity contribution in [2.75, 3.05) is 6.61 Å². The lowest BCUT2D eigenvalue weighted by Crippen LogP contribution is -2.32. The van der Waals surface area contributed by atoms with Crippen molar-refractivity contribution < 1.29 is 5.11 Å². The van der Waals surface area contributed by atoms with Gasteiger partial charge < -0.3 is 5.11 Å². The molecule has 0 bridgehead atoms. The van der Waals surface area contributed by atoms with E-state index in [4.69, 9.17) is 5.11 Å². The van der Waals surface area contributed by atoms with E-state index in [1.54, 1.807) is 16.4 Å². The standard InChI is InChI=1S/C12H13IN2O3/c13-4-3-9-6-15(12(18)14-11(9)17)10-2-1-8(5-10)7-16/h1-4,6,8,10,16H,5,7H2,(H,14,17,18)/b4-3+/t8-,10+/m1/s1/i13+4. The fourth-order valence-electron chi connectivity index (χ4n) is 2.03. The van der Waals surface area contributed by atoms with E-state index in [2.05, 4.69) is 4.98 Å². The number of halogens is 1. The Morgan fingerprint density at radius 3 is 2.89 bits per heavy atom. The van der Waals surface area contributed by atoms with Gasteiger partial charge in [0.05, 0.1) is 11.6 Å². The van der Waals surface area contributed by atoms with E-state index in [9.17, 15) is 9.59 Å². The summed E-state index contributed by atoms with van der Waals surface area (Å²) in [5.74, 6) is 0.0809. The van der Waals surface area contributed by atoms with Crippen molar-refractivity contribution in [1.29, 1.82) is 0 Å². The number of rotatable bonds is 3. The van der Waals surface area contributed by atoms with Gasteiger partial charge in [0, 0.05) is 18.7 Å². The Balaban J connectivity index is 2.40. The van der Waals surface area contributed by atoms with Crippen LogP contribution in [0.1, 0.15) is 18.0 Å². The van der Waals surface area contributed by atoms with Crippen molar-refractivity contribution in [2.45, 2.75) is 12.5 Å². The number of allylic oxidation sites excluding steroid dienone is 1. The molecule has 5 nitrogen and oxygen atoms in total. The first-order valence-corrected chi connectivity index (χ1v) is 6.81. The first kappa shape index (κ1) is 13.3. The second-order valence-corrected chi connectivity index (χ2v) is 4.89. The molecule has 1 aliphatic rings. The van der Waals surface area contributed by atoms with Crippen LogP contribution < -0.4 is 11.2 Å². The molecule has 2 rings (SSSR count). The first-order chi connectivity index (χ1) is 8.65. The molecule has 0 aromatic carbocycles. The third-order valence-corrected chi connectivity index (χ3v) is 3.34. The number of aliphatic hydroxyl groups excluding tert-OH is 1. The summed E-state index contributed by atoms with van der Waals surface area (Å²) in [4.78, 5) is 25.6. The Morgan fingerprint density at radius 1 is 1.50 bits per heavy atom. The molecule has 1 aromatic heterocycles. The number of nitrogens with one attached hydrogen (secondary N) is 1. The van der Waals surface area contributed by atoms with Crippen LogP contribution in [0.25, 0.3) is 6.08 Å². The third kappa shape index (κ3) is 2.64. The third-order valence-electron chi connectivity index (χ3n) is 2.98. The van der Waals surface area contributed by atoms with Crippen LogP contribution >= 0.6 is 22.6 Å². The molecule has 18 heavy (non-hydrogen) atoms. The summed E-state index contributed by atoms with van der Waals surface area (Å²) in [6.45, 7) is 0.0750. The van der Waals surface area contributed by atoms with Gasteiger partial charge in [-0.05, 0) is 16.6 Å². The van der Waals surface area contributed by atoms with Crippen molar-refractivity contribution in [2.24, 2.45) is 5.92 Å². The maximum atomic E-state index is 11.8. The highest BCUT2D eigenvalue weighted by atomic mass is 131. The van der Waals surface area contributed by atoms with Crippen molar-refractivity contribution in [3.8, 4) is 0 Å². The van der Waals surface area contributed by atoms with Crippen LogP contribution in [0.3, 0.4) is 0 Å². The van der Waals surface area contributed by atoms with Gasteiger partial charge in [-0.2, -0.15) is 0 Å². The molecule has 0 unspecified atom stereocenters. The second kappa shape index (κ2) is 5.66. The quantitative estimate of drug-likeness (QED) is 0.622. The highest BCUT2D eigenvalue weighted by Crippen LogP contribution is 2.26. The molecule has 1 heterocycles. The van der Waals surface area contributed by atoms with E-state index in [-0.39, 0.29) is 24.1 Å². The molecule has 0 saturated heterocycles. The minimum atomic E-state index is -0.418. The number of hydrogen-bond donors (Lipinski definition) is 2. The topological polar surface area (TPSA) is 75.1 Å². The Hall–Kier alpha value is -1.15. The van der Waals surface area contributed by atoms with Gasteiger partial charge in [-0.1, -0.05) is 34.7 Å². The van der Waals surface area contributed by atoms with Gasteiger partial charge in [-0.15, -0.1) is 0 Å². The summed E-state index contributed by atoms with van der Waals surface area (Å²) < 4.78 is 3.22. The number of aromatic nitrogens is 2. The number of hydrogen-bond acceptors (Lipinski definition) is 3. The van der Waals surface area contributed by atoms with Gasteiger partial charge in [0.2, 0.25) is 0 Å². The lowest BCUT2D eigenvalue weighted by atomic mass is 10.1. The summed E-state index contributed by atoms with van der Waals surface area (Å²) in [6.07, 6.45) is 7.67. The van der Waals surface area contributed by atoms with Crippen molar-refractivity contribution >= 4 is 28.7 Å². The van der Waals surface area contributed by atoms with Crippen molar-refractivity contribution in [3.05, 3.63) is 48.8 Å². The number of nitrogens with zero attached hydrogens (tertiary/aromatic N) is 1. The largest absolute Gasteiger partial charge is 0.396 e. The highest BCUT2D eigenvalue weighted by molar-refractivity contribution is 14.1. The molecule has 6 heteroatoms. The molecule has 0 spiro atoms. The number of H-pyrrole nitrogens is 1.